The lowest BCUT2D eigenvalue weighted by atomic mass is 9.95. The first kappa shape index (κ1) is 11.7. The number of aromatic nitrogens is 1. The number of furan rings is 1. The molecule has 0 saturated carbocycles. The largest absolute Gasteiger partial charge is 0.456 e. The van der Waals surface area contributed by atoms with E-state index in [0.29, 0.717) is 0 Å². The van der Waals surface area contributed by atoms with Gasteiger partial charge < -0.3 is 4.42 Å². The van der Waals surface area contributed by atoms with Gasteiger partial charge in [0, 0.05) is 11.5 Å². The van der Waals surface area contributed by atoms with Gasteiger partial charge in [0.25, 0.3) is 0 Å². The van der Waals surface area contributed by atoms with Crippen LogP contribution in [0.25, 0.3) is 43.6 Å². The molecular formula is C18H11INO+. The van der Waals surface area contributed by atoms with E-state index in [4.69, 9.17) is 4.42 Å². The molecule has 2 nitrogen and oxygen atoms in total. The van der Waals surface area contributed by atoms with E-state index < -0.39 is 0 Å². The molecule has 0 aliphatic carbocycles. The average molecular weight is 384 g/mol. The maximum atomic E-state index is 6.06. The second-order valence-electron chi connectivity index (χ2n) is 5.49. The van der Waals surface area contributed by atoms with Gasteiger partial charge in [-0.05, 0) is 29.3 Å². The van der Waals surface area contributed by atoms with Crippen molar-refractivity contribution in [1.29, 1.82) is 0 Å². The number of aryl methyl sites for hydroxylation is 1. The first-order chi connectivity index (χ1) is 10.3. The summed E-state index contributed by atoms with van der Waals surface area (Å²) in [7, 11) is 0. The minimum Gasteiger partial charge on any atom is -0.456 e. The number of benzene rings is 3. The summed E-state index contributed by atoms with van der Waals surface area (Å²) in [4.78, 5) is 0. The second kappa shape index (κ2) is 3.85. The van der Waals surface area contributed by atoms with Gasteiger partial charge in [-0.25, -0.2) is 0 Å². The lowest BCUT2D eigenvalue weighted by Gasteiger charge is -2.07. The van der Waals surface area contributed by atoms with Crippen LogP contribution in [-0.2, 0) is 0 Å². The molecule has 0 amide bonds. The van der Waals surface area contributed by atoms with Crippen LogP contribution in [0.1, 0.15) is 5.56 Å². The molecule has 0 radical (unpaired) electrons. The van der Waals surface area contributed by atoms with Gasteiger partial charge >= 0.3 is 22.9 Å². The van der Waals surface area contributed by atoms with Crippen LogP contribution in [0.2, 0.25) is 0 Å². The standard InChI is InChI=1S/C18H11INO/c1-10-4-2-5-11-12-6-3-7-13-16(12)17-14(21-13)8-9-20(19)18(17)15(10)11/h2-9H,1H3/q+1. The molecule has 0 saturated heterocycles. The maximum absolute atomic E-state index is 6.06. The number of halogens is 1. The molecule has 3 heteroatoms. The molecule has 0 spiro atoms. The van der Waals surface area contributed by atoms with Crippen LogP contribution >= 0.6 is 22.9 Å². The fraction of sp³-hybridized carbons (Fsp3) is 0.0556. The van der Waals surface area contributed by atoms with Crippen molar-refractivity contribution in [2.24, 2.45) is 0 Å². The van der Waals surface area contributed by atoms with E-state index in [1.807, 2.05) is 0 Å². The summed E-state index contributed by atoms with van der Waals surface area (Å²) in [6, 6.07) is 14.9. The van der Waals surface area contributed by atoms with Gasteiger partial charge in [0.05, 0.1) is 5.39 Å². The zero-order valence-electron chi connectivity index (χ0n) is 11.4. The van der Waals surface area contributed by atoms with Gasteiger partial charge in [-0.3, -0.25) is 0 Å². The fourth-order valence-electron chi connectivity index (χ4n) is 3.50. The van der Waals surface area contributed by atoms with Gasteiger partial charge in [-0.1, -0.05) is 30.3 Å². The molecular weight excluding hydrogens is 373 g/mol. The number of pyridine rings is 1. The fourth-order valence-corrected chi connectivity index (χ4v) is 4.14. The van der Waals surface area contributed by atoms with Gasteiger partial charge in [0.15, 0.2) is 6.20 Å². The highest BCUT2D eigenvalue weighted by Gasteiger charge is 2.23. The van der Waals surface area contributed by atoms with E-state index in [0.717, 1.165) is 11.2 Å². The highest BCUT2D eigenvalue weighted by molar-refractivity contribution is 14.1. The summed E-state index contributed by atoms with van der Waals surface area (Å²) < 4.78 is 8.24. The molecule has 5 rings (SSSR count). The number of hydrogen-bond donors (Lipinski definition) is 0. The first-order valence-electron chi connectivity index (χ1n) is 6.92. The Morgan fingerprint density at radius 2 is 1.57 bits per heavy atom. The molecule has 0 bridgehead atoms. The summed E-state index contributed by atoms with van der Waals surface area (Å²) in [5.41, 5.74) is 4.49. The maximum Gasteiger partial charge on any atom is 0.354 e. The number of nitrogens with zero attached hydrogens (tertiary/aromatic N) is 1. The average Bonchev–Trinajstić information content (AvgIpc) is 2.87. The number of hydrogen-bond acceptors (Lipinski definition) is 1. The molecule has 2 heterocycles. The van der Waals surface area contributed by atoms with Gasteiger partial charge in [-0.2, -0.15) is 0 Å². The SMILES string of the molecule is Cc1cccc2c3cccc4oc5cc[n+](I)c(c12)c5c43. The molecule has 21 heavy (non-hydrogen) atoms. The topological polar surface area (TPSA) is 17.0 Å². The summed E-state index contributed by atoms with van der Waals surface area (Å²) in [6.07, 6.45) is 2.07. The molecule has 0 atom stereocenters. The van der Waals surface area contributed by atoms with Crippen molar-refractivity contribution >= 4 is 66.5 Å². The van der Waals surface area contributed by atoms with Crippen LogP contribution in [0.15, 0.2) is 53.1 Å². The highest BCUT2D eigenvalue weighted by Crippen LogP contribution is 2.41. The van der Waals surface area contributed by atoms with Gasteiger partial charge in [-0.15, -0.1) is 2.78 Å². The lowest BCUT2D eigenvalue weighted by molar-refractivity contribution is -0.406. The summed E-state index contributed by atoms with van der Waals surface area (Å²) in [5.74, 6) is 0. The number of rotatable bonds is 0. The molecule has 0 aliphatic rings. The van der Waals surface area contributed by atoms with Crippen molar-refractivity contribution in [3.05, 3.63) is 54.2 Å². The van der Waals surface area contributed by atoms with E-state index in [1.54, 1.807) is 0 Å². The Hall–Kier alpha value is -1.88. The zero-order chi connectivity index (χ0) is 14.1. The van der Waals surface area contributed by atoms with E-state index in [9.17, 15) is 0 Å². The monoisotopic (exact) mass is 384 g/mol. The Balaban J connectivity index is 2.35. The van der Waals surface area contributed by atoms with Crippen molar-refractivity contribution < 1.29 is 7.20 Å². The summed E-state index contributed by atoms with van der Waals surface area (Å²) >= 11 is 2.36. The highest BCUT2D eigenvalue weighted by atomic mass is 127. The van der Waals surface area contributed by atoms with Gasteiger partial charge in [0.2, 0.25) is 5.52 Å². The smallest absolute Gasteiger partial charge is 0.354 e. The molecule has 0 aliphatic heterocycles. The van der Waals surface area contributed by atoms with Crippen LogP contribution in [0, 0.1) is 6.92 Å². The van der Waals surface area contributed by atoms with Crippen LogP contribution in [-0.4, -0.2) is 0 Å². The summed E-state index contributed by atoms with van der Waals surface area (Å²) in [5, 5.41) is 6.37. The Bertz CT molecular complexity index is 1160. The predicted octanol–water partition coefficient (Wildman–Crippen LogP) is 5.12. The van der Waals surface area contributed by atoms with Crippen molar-refractivity contribution in [3.8, 4) is 0 Å². The predicted molar refractivity (Wildman–Crippen MR) is 94.3 cm³/mol. The van der Waals surface area contributed by atoms with E-state index in [2.05, 4.69) is 81.2 Å². The Labute approximate surface area is 134 Å². The third-order valence-electron chi connectivity index (χ3n) is 4.35. The van der Waals surface area contributed by atoms with E-state index in [-0.39, 0.29) is 0 Å². The normalized spacial score (nSPS) is 12.3. The Morgan fingerprint density at radius 3 is 2.43 bits per heavy atom. The van der Waals surface area contributed by atoms with E-state index >= 15 is 0 Å². The van der Waals surface area contributed by atoms with Gasteiger partial charge in [0.1, 0.15) is 16.6 Å². The molecule has 100 valence electrons. The molecule has 0 fully saturated rings. The third kappa shape index (κ3) is 1.35. The van der Waals surface area contributed by atoms with Crippen molar-refractivity contribution in [2.45, 2.75) is 6.92 Å². The minimum atomic E-state index is 0.967. The van der Waals surface area contributed by atoms with Crippen molar-refractivity contribution in [3.63, 3.8) is 0 Å². The molecule has 3 aromatic carbocycles. The Kier molecular flexibility index (Phi) is 2.16. The zero-order valence-corrected chi connectivity index (χ0v) is 13.5. The van der Waals surface area contributed by atoms with E-state index in [1.165, 1.54) is 38.0 Å². The molecule has 2 aromatic heterocycles. The van der Waals surface area contributed by atoms with Crippen LogP contribution in [0.5, 0.6) is 0 Å². The first-order valence-corrected chi connectivity index (χ1v) is 7.88. The molecule has 0 N–H and O–H groups in total. The van der Waals surface area contributed by atoms with Crippen LogP contribution in [0.3, 0.4) is 0 Å². The minimum absolute atomic E-state index is 0.967. The van der Waals surface area contributed by atoms with Crippen LogP contribution in [0.4, 0.5) is 0 Å². The quantitative estimate of drug-likeness (QED) is 0.267. The Morgan fingerprint density at radius 1 is 0.857 bits per heavy atom. The van der Waals surface area contributed by atoms with Crippen molar-refractivity contribution in [1.82, 2.24) is 0 Å². The molecule has 5 aromatic rings. The third-order valence-corrected chi connectivity index (χ3v) is 5.15. The van der Waals surface area contributed by atoms with Crippen LogP contribution < -0.4 is 2.78 Å². The molecule has 0 unspecified atom stereocenters. The second-order valence-corrected chi connectivity index (χ2v) is 6.53. The number of fused-ring (bicyclic) bond motifs is 3. The van der Waals surface area contributed by atoms with Crippen molar-refractivity contribution in [2.75, 3.05) is 0 Å². The lowest BCUT2D eigenvalue weighted by Crippen LogP contribution is -2.19. The summed E-state index contributed by atoms with van der Waals surface area (Å²) in [6.45, 7) is 2.18.